The van der Waals surface area contributed by atoms with Gasteiger partial charge in [-0.25, -0.2) is 0 Å². The van der Waals surface area contributed by atoms with Gasteiger partial charge in [-0.3, -0.25) is 4.79 Å². The second-order valence-corrected chi connectivity index (χ2v) is 7.11. The maximum Gasteiger partial charge on any atom is 0.224 e. The first-order valence-electron chi connectivity index (χ1n) is 8.07. The lowest BCUT2D eigenvalue weighted by Gasteiger charge is -2.17. The molecule has 0 aromatic heterocycles. The molecule has 2 aromatic rings. The average Bonchev–Trinajstić information content (AvgIpc) is 3.31. The van der Waals surface area contributed by atoms with E-state index in [-0.39, 0.29) is 11.3 Å². The number of carbonyl (C=O) groups is 1. The van der Waals surface area contributed by atoms with Crippen LogP contribution in [0.15, 0.2) is 42.5 Å². The Hall–Kier alpha value is -1.80. The molecule has 3 rings (SSSR count). The van der Waals surface area contributed by atoms with Gasteiger partial charge in [0.05, 0.1) is 6.42 Å². The predicted molar refractivity (Wildman–Crippen MR) is 95.0 cm³/mol. The molecule has 0 heterocycles. The predicted octanol–water partition coefficient (Wildman–Crippen LogP) is 4.35. The highest BCUT2D eigenvalue weighted by atomic mass is 35.5. The number of hydrogen-bond donors (Lipinski definition) is 1. The summed E-state index contributed by atoms with van der Waals surface area (Å²) < 4.78 is 0. The van der Waals surface area contributed by atoms with Crippen molar-refractivity contribution in [3.63, 3.8) is 0 Å². The standard InChI is InChI=1S/C20H22ClNO/c1-14-3-4-15(2)16(11-14)12-19(23)22-13-20(9-10-20)17-5-7-18(21)8-6-17/h3-8,11H,9-10,12-13H2,1-2H3,(H,22,23). The van der Waals surface area contributed by atoms with E-state index >= 15 is 0 Å². The molecular weight excluding hydrogens is 306 g/mol. The van der Waals surface area contributed by atoms with E-state index in [2.05, 4.69) is 49.5 Å². The Labute approximate surface area is 142 Å². The van der Waals surface area contributed by atoms with Crippen molar-refractivity contribution in [2.45, 2.75) is 38.5 Å². The molecule has 0 aliphatic heterocycles. The fourth-order valence-electron chi connectivity index (χ4n) is 3.02. The zero-order valence-electron chi connectivity index (χ0n) is 13.7. The molecular formula is C20H22ClNO. The fourth-order valence-corrected chi connectivity index (χ4v) is 3.14. The maximum absolute atomic E-state index is 12.3. The van der Waals surface area contributed by atoms with Crippen molar-refractivity contribution in [2.75, 3.05) is 6.54 Å². The van der Waals surface area contributed by atoms with E-state index in [0.29, 0.717) is 13.0 Å². The van der Waals surface area contributed by atoms with Gasteiger partial charge in [-0.2, -0.15) is 0 Å². The minimum absolute atomic E-state index is 0.0962. The van der Waals surface area contributed by atoms with Crippen LogP contribution in [0.3, 0.4) is 0 Å². The van der Waals surface area contributed by atoms with E-state index < -0.39 is 0 Å². The van der Waals surface area contributed by atoms with Crippen LogP contribution in [-0.2, 0) is 16.6 Å². The van der Waals surface area contributed by atoms with Gasteiger partial charge in [-0.15, -0.1) is 0 Å². The van der Waals surface area contributed by atoms with Crippen molar-refractivity contribution in [3.05, 3.63) is 69.7 Å². The van der Waals surface area contributed by atoms with Gasteiger partial charge in [-0.05, 0) is 55.5 Å². The number of rotatable bonds is 5. The Morgan fingerprint density at radius 3 is 2.48 bits per heavy atom. The summed E-state index contributed by atoms with van der Waals surface area (Å²) in [6.45, 7) is 4.82. The molecule has 0 saturated heterocycles. The van der Waals surface area contributed by atoms with Gasteiger partial charge in [-0.1, -0.05) is 47.5 Å². The number of hydrogen-bond acceptors (Lipinski definition) is 1. The molecule has 1 N–H and O–H groups in total. The van der Waals surface area contributed by atoms with Crippen molar-refractivity contribution in [1.29, 1.82) is 0 Å². The van der Waals surface area contributed by atoms with Crippen LogP contribution < -0.4 is 5.32 Å². The lowest BCUT2D eigenvalue weighted by atomic mass is 9.96. The minimum Gasteiger partial charge on any atom is -0.355 e. The third kappa shape index (κ3) is 3.76. The van der Waals surface area contributed by atoms with Crippen molar-refractivity contribution in [2.24, 2.45) is 0 Å². The molecule has 120 valence electrons. The highest BCUT2D eigenvalue weighted by Gasteiger charge is 2.44. The normalized spacial score (nSPS) is 15.3. The Morgan fingerprint density at radius 2 is 1.83 bits per heavy atom. The second kappa shape index (κ2) is 6.37. The second-order valence-electron chi connectivity index (χ2n) is 6.67. The third-order valence-electron chi connectivity index (χ3n) is 4.79. The lowest BCUT2D eigenvalue weighted by Crippen LogP contribution is -2.33. The molecule has 3 heteroatoms. The number of nitrogens with one attached hydrogen (secondary N) is 1. The van der Waals surface area contributed by atoms with E-state index in [1.54, 1.807) is 0 Å². The Morgan fingerprint density at radius 1 is 1.13 bits per heavy atom. The van der Waals surface area contributed by atoms with Gasteiger partial charge in [0.1, 0.15) is 0 Å². The average molecular weight is 328 g/mol. The molecule has 0 unspecified atom stereocenters. The quantitative estimate of drug-likeness (QED) is 0.869. The minimum atomic E-state index is 0.0962. The summed E-state index contributed by atoms with van der Waals surface area (Å²) in [5.74, 6) is 0.0962. The summed E-state index contributed by atoms with van der Waals surface area (Å²) in [6, 6.07) is 14.3. The molecule has 1 aliphatic rings. The van der Waals surface area contributed by atoms with Crippen molar-refractivity contribution in [3.8, 4) is 0 Å². The van der Waals surface area contributed by atoms with E-state index in [4.69, 9.17) is 11.6 Å². The molecule has 1 amide bonds. The number of benzene rings is 2. The SMILES string of the molecule is Cc1ccc(C)c(CC(=O)NCC2(c3ccc(Cl)cc3)CC2)c1. The summed E-state index contributed by atoms with van der Waals surface area (Å²) >= 11 is 5.96. The van der Waals surface area contributed by atoms with Crippen LogP contribution in [0.25, 0.3) is 0 Å². The van der Waals surface area contributed by atoms with Gasteiger partial charge >= 0.3 is 0 Å². The molecule has 0 atom stereocenters. The molecule has 0 radical (unpaired) electrons. The van der Waals surface area contributed by atoms with Crippen LogP contribution in [0, 0.1) is 13.8 Å². The molecule has 2 nitrogen and oxygen atoms in total. The van der Waals surface area contributed by atoms with Crippen LogP contribution in [0.2, 0.25) is 5.02 Å². The molecule has 23 heavy (non-hydrogen) atoms. The maximum atomic E-state index is 12.3. The smallest absolute Gasteiger partial charge is 0.224 e. The van der Waals surface area contributed by atoms with Crippen molar-refractivity contribution >= 4 is 17.5 Å². The van der Waals surface area contributed by atoms with Crippen molar-refractivity contribution < 1.29 is 4.79 Å². The Bertz CT molecular complexity index is 717. The van der Waals surface area contributed by atoms with Crippen LogP contribution in [0.5, 0.6) is 0 Å². The van der Waals surface area contributed by atoms with Gasteiger partial charge < -0.3 is 5.32 Å². The van der Waals surface area contributed by atoms with Crippen LogP contribution in [0.1, 0.15) is 35.1 Å². The highest BCUT2D eigenvalue weighted by molar-refractivity contribution is 6.30. The van der Waals surface area contributed by atoms with Gasteiger partial charge in [0.25, 0.3) is 0 Å². The molecule has 2 aromatic carbocycles. The summed E-state index contributed by atoms with van der Waals surface area (Å²) in [7, 11) is 0. The largest absolute Gasteiger partial charge is 0.355 e. The molecule has 1 fully saturated rings. The van der Waals surface area contributed by atoms with E-state index in [1.807, 2.05) is 12.1 Å². The van der Waals surface area contributed by atoms with Crippen LogP contribution in [0.4, 0.5) is 0 Å². The van der Waals surface area contributed by atoms with E-state index in [0.717, 1.165) is 23.4 Å². The molecule has 0 spiro atoms. The van der Waals surface area contributed by atoms with Gasteiger partial charge in [0.2, 0.25) is 5.91 Å². The Balaban J connectivity index is 1.61. The monoisotopic (exact) mass is 327 g/mol. The van der Waals surface area contributed by atoms with Crippen LogP contribution >= 0.6 is 11.6 Å². The highest BCUT2D eigenvalue weighted by Crippen LogP contribution is 2.47. The molecule has 1 saturated carbocycles. The first-order valence-corrected chi connectivity index (χ1v) is 8.45. The number of amides is 1. The third-order valence-corrected chi connectivity index (χ3v) is 5.04. The summed E-state index contributed by atoms with van der Waals surface area (Å²) in [4.78, 5) is 12.3. The first kappa shape index (κ1) is 16.1. The van der Waals surface area contributed by atoms with Gasteiger partial charge in [0.15, 0.2) is 0 Å². The van der Waals surface area contributed by atoms with Crippen LogP contribution in [-0.4, -0.2) is 12.5 Å². The zero-order chi connectivity index (χ0) is 16.4. The number of carbonyl (C=O) groups excluding carboxylic acids is 1. The number of aryl methyl sites for hydroxylation is 2. The van der Waals surface area contributed by atoms with Crippen molar-refractivity contribution in [1.82, 2.24) is 5.32 Å². The summed E-state index contributed by atoms with van der Waals surface area (Å²) in [5.41, 5.74) is 4.86. The lowest BCUT2D eigenvalue weighted by molar-refractivity contribution is -0.120. The molecule has 1 aliphatic carbocycles. The first-order chi connectivity index (χ1) is 11.0. The Kier molecular flexibility index (Phi) is 4.45. The van der Waals surface area contributed by atoms with Gasteiger partial charge in [0, 0.05) is 17.0 Å². The summed E-state index contributed by atoms with van der Waals surface area (Å²) in [5, 5.41) is 3.88. The number of halogens is 1. The van der Waals surface area contributed by atoms with E-state index in [1.165, 1.54) is 16.7 Å². The topological polar surface area (TPSA) is 29.1 Å². The summed E-state index contributed by atoms with van der Waals surface area (Å²) in [6.07, 6.45) is 2.70. The fraction of sp³-hybridized carbons (Fsp3) is 0.350. The molecule has 0 bridgehead atoms. The zero-order valence-corrected chi connectivity index (χ0v) is 14.4. The van der Waals surface area contributed by atoms with E-state index in [9.17, 15) is 4.79 Å².